The predicted molar refractivity (Wildman–Crippen MR) is 139 cm³/mol. The van der Waals surface area contributed by atoms with Crippen molar-refractivity contribution >= 4 is 81.0 Å². The number of amidine groups is 1. The largest absolute Gasteiger partial charge is 0.484 e. The van der Waals surface area contributed by atoms with Gasteiger partial charge in [-0.05, 0) is 78.0 Å². The molecule has 1 aliphatic rings. The summed E-state index contributed by atoms with van der Waals surface area (Å²) >= 11 is 19.0. The normalized spacial score (nSPS) is 15.4. The minimum atomic E-state index is -0.351. The third-order valence-electron chi connectivity index (χ3n) is 4.44. The van der Waals surface area contributed by atoms with Crippen molar-refractivity contribution in [3.8, 4) is 5.75 Å². The Kier molecular flexibility index (Phi) is 7.80. The summed E-state index contributed by atoms with van der Waals surface area (Å²) in [5, 5.41) is 7.27. The van der Waals surface area contributed by atoms with Crippen LogP contribution in [0.3, 0.4) is 0 Å². The lowest BCUT2D eigenvalue weighted by molar-refractivity contribution is -0.118. The highest BCUT2D eigenvalue weighted by Gasteiger charge is 2.23. The quantitative estimate of drug-likeness (QED) is 0.353. The van der Waals surface area contributed by atoms with Gasteiger partial charge >= 0.3 is 0 Å². The van der Waals surface area contributed by atoms with Crippen molar-refractivity contribution in [3.63, 3.8) is 0 Å². The number of hydrogen-bond donors (Lipinski definition) is 2. The van der Waals surface area contributed by atoms with Gasteiger partial charge in [0, 0.05) is 10.7 Å². The van der Waals surface area contributed by atoms with Gasteiger partial charge in [0.15, 0.2) is 11.8 Å². The molecular formula is C24H16Cl3N3O3S. The third kappa shape index (κ3) is 6.55. The van der Waals surface area contributed by atoms with Crippen LogP contribution >= 0.6 is 46.6 Å². The second kappa shape index (κ2) is 11.0. The van der Waals surface area contributed by atoms with Gasteiger partial charge in [-0.15, -0.1) is 0 Å². The van der Waals surface area contributed by atoms with Gasteiger partial charge in [0.05, 0.1) is 20.6 Å². The molecule has 0 atom stereocenters. The Morgan fingerprint density at radius 1 is 1.03 bits per heavy atom. The number of thioether (sulfide) groups is 1. The summed E-state index contributed by atoms with van der Waals surface area (Å²) in [6.07, 6.45) is 1.73. The first-order chi connectivity index (χ1) is 16.4. The summed E-state index contributed by atoms with van der Waals surface area (Å²) in [5.41, 5.74) is 1.94. The van der Waals surface area contributed by atoms with Crippen LogP contribution < -0.4 is 15.4 Å². The number of rotatable bonds is 6. The van der Waals surface area contributed by atoms with Crippen LogP contribution in [0.1, 0.15) is 5.56 Å². The lowest BCUT2D eigenvalue weighted by atomic mass is 10.2. The number of ether oxygens (including phenoxy) is 1. The number of anilines is 1. The number of halogens is 3. The van der Waals surface area contributed by atoms with Crippen molar-refractivity contribution in [1.82, 2.24) is 5.32 Å². The van der Waals surface area contributed by atoms with Crippen LogP contribution in [0, 0.1) is 0 Å². The van der Waals surface area contributed by atoms with Crippen LogP contribution in [-0.2, 0) is 9.59 Å². The molecule has 3 aromatic rings. The van der Waals surface area contributed by atoms with Gasteiger partial charge < -0.3 is 15.4 Å². The van der Waals surface area contributed by atoms with Crippen molar-refractivity contribution in [3.05, 3.63) is 92.3 Å². The molecule has 1 aliphatic heterocycles. The molecule has 0 aliphatic carbocycles. The van der Waals surface area contributed by atoms with E-state index in [0.717, 1.165) is 5.56 Å². The zero-order chi connectivity index (χ0) is 24.1. The van der Waals surface area contributed by atoms with Gasteiger partial charge in [-0.25, -0.2) is 4.99 Å². The van der Waals surface area contributed by atoms with Gasteiger partial charge in [-0.3, -0.25) is 9.59 Å². The van der Waals surface area contributed by atoms with E-state index in [-0.39, 0.29) is 18.4 Å². The molecule has 172 valence electrons. The van der Waals surface area contributed by atoms with E-state index < -0.39 is 0 Å². The lowest BCUT2D eigenvalue weighted by Crippen LogP contribution is -2.20. The van der Waals surface area contributed by atoms with E-state index >= 15 is 0 Å². The van der Waals surface area contributed by atoms with Crippen molar-refractivity contribution in [2.45, 2.75) is 0 Å². The fourth-order valence-electron chi connectivity index (χ4n) is 2.88. The van der Waals surface area contributed by atoms with Crippen molar-refractivity contribution in [1.29, 1.82) is 0 Å². The fraction of sp³-hybridized carbons (Fsp3) is 0.0417. The highest BCUT2D eigenvalue weighted by atomic mass is 35.5. The number of hydrogen-bond acceptors (Lipinski definition) is 5. The van der Waals surface area contributed by atoms with E-state index in [1.807, 2.05) is 6.07 Å². The monoisotopic (exact) mass is 531 g/mol. The Balaban J connectivity index is 1.38. The van der Waals surface area contributed by atoms with Gasteiger partial charge in [0.2, 0.25) is 0 Å². The van der Waals surface area contributed by atoms with Gasteiger partial charge in [-0.1, -0.05) is 46.9 Å². The molecule has 2 N–H and O–H groups in total. The van der Waals surface area contributed by atoms with E-state index in [9.17, 15) is 9.59 Å². The zero-order valence-electron chi connectivity index (χ0n) is 17.3. The van der Waals surface area contributed by atoms with Crippen molar-refractivity contribution < 1.29 is 14.3 Å². The van der Waals surface area contributed by atoms with Crippen LogP contribution in [-0.4, -0.2) is 23.6 Å². The lowest BCUT2D eigenvalue weighted by Gasteiger charge is -2.09. The number of amides is 2. The van der Waals surface area contributed by atoms with E-state index in [2.05, 4.69) is 15.6 Å². The highest BCUT2D eigenvalue weighted by Crippen LogP contribution is 2.29. The molecule has 0 saturated carbocycles. The maximum absolute atomic E-state index is 12.3. The summed E-state index contributed by atoms with van der Waals surface area (Å²) in [7, 11) is 0. The van der Waals surface area contributed by atoms with Crippen molar-refractivity contribution in [2.24, 2.45) is 4.99 Å². The number of nitrogens with zero attached hydrogens (tertiary/aromatic N) is 1. The Hall–Kier alpha value is -2.97. The molecule has 2 amide bonds. The summed E-state index contributed by atoms with van der Waals surface area (Å²) in [6, 6.07) is 18.9. The summed E-state index contributed by atoms with van der Waals surface area (Å²) in [5.74, 6) is -0.113. The van der Waals surface area contributed by atoms with Gasteiger partial charge in [0.25, 0.3) is 11.8 Å². The molecule has 0 bridgehead atoms. The van der Waals surface area contributed by atoms with E-state index in [1.54, 1.807) is 66.7 Å². The first kappa shape index (κ1) is 24.2. The molecule has 0 radical (unpaired) electrons. The van der Waals surface area contributed by atoms with Crippen LogP contribution in [0.4, 0.5) is 11.4 Å². The predicted octanol–water partition coefficient (Wildman–Crippen LogP) is 6.56. The molecule has 1 fully saturated rings. The number of nitrogens with one attached hydrogen (secondary N) is 2. The molecule has 10 heteroatoms. The highest BCUT2D eigenvalue weighted by molar-refractivity contribution is 8.18. The Morgan fingerprint density at radius 2 is 1.82 bits per heavy atom. The second-order valence-corrected chi connectivity index (χ2v) is 9.28. The maximum Gasteiger partial charge on any atom is 0.264 e. The maximum atomic E-state index is 12.3. The number of benzene rings is 3. The van der Waals surface area contributed by atoms with Crippen LogP contribution in [0.15, 0.2) is 76.6 Å². The molecule has 0 aromatic heterocycles. The van der Waals surface area contributed by atoms with E-state index in [1.165, 1.54) is 11.8 Å². The minimum Gasteiger partial charge on any atom is -0.484 e. The number of carbonyl (C=O) groups excluding carboxylic acids is 2. The summed E-state index contributed by atoms with van der Waals surface area (Å²) < 4.78 is 5.59. The molecule has 0 unspecified atom stereocenters. The molecule has 6 nitrogen and oxygen atoms in total. The van der Waals surface area contributed by atoms with Crippen molar-refractivity contribution in [2.75, 3.05) is 11.9 Å². The smallest absolute Gasteiger partial charge is 0.264 e. The molecule has 3 aromatic carbocycles. The molecular weight excluding hydrogens is 517 g/mol. The standard InChI is InChI=1S/C24H16Cl3N3O3S/c25-15-4-6-16(7-5-15)29-24-30-23(32)21(34-24)11-14-2-1-3-18(10-14)33-13-22(31)28-17-8-9-19(26)20(27)12-17/h1-12H,13H2,(H,28,31)(H,29,30,32)/b21-11+. The average molecular weight is 533 g/mol. The average Bonchev–Trinajstić information content (AvgIpc) is 3.15. The fourth-order valence-corrected chi connectivity index (χ4v) is 4.14. The Bertz CT molecular complexity index is 1310. The minimum absolute atomic E-state index is 0.201. The Morgan fingerprint density at radius 3 is 2.59 bits per heavy atom. The Labute approximate surface area is 215 Å². The molecule has 34 heavy (non-hydrogen) atoms. The van der Waals surface area contributed by atoms with Gasteiger partial charge in [0.1, 0.15) is 5.75 Å². The molecule has 0 spiro atoms. The van der Waals surface area contributed by atoms with E-state index in [0.29, 0.717) is 42.3 Å². The SMILES string of the molecule is O=C(COc1cccc(/C=C2/SC(=Nc3ccc(Cl)cc3)NC2=O)c1)Nc1ccc(Cl)c(Cl)c1. The molecule has 1 heterocycles. The summed E-state index contributed by atoms with van der Waals surface area (Å²) in [4.78, 5) is 29.4. The third-order valence-corrected chi connectivity index (χ3v) is 6.34. The first-order valence-electron chi connectivity index (χ1n) is 9.89. The van der Waals surface area contributed by atoms with Crippen LogP contribution in [0.25, 0.3) is 6.08 Å². The molecule has 1 saturated heterocycles. The van der Waals surface area contributed by atoms with E-state index in [4.69, 9.17) is 39.5 Å². The van der Waals surface area contributed by atoms with Crippen LogP contribution in [0.2, 0.25) is 15.1 Å². The first-order valence-corrected chi connectivity index (χ1v) is 11.8. The van der Waals surface area contributed by atoms with Crippen LogP contribution in [0.5, 0.6) is 5.75 Å². The number of carbonyl (C=O) groups is 2. The zero-order valence-corrected chi connectivity index (χ0v) is 20.4. The molecule has 4 rings (SSSR count). The second-order valence-electron chi connectivity index (χ2n) is 7.00. The van der Waals surface area contributed by atoms with Gasteiger partial charge in [-0.2, -0.15) is 0 Å². The summed E-state index contributed by atoms with van der Waals surface area (Å²) in [6.45, 7) is -0.201. The topological polar surface area (TPSA) is 79.8 Å². The number of aliphatic imine (C=N–C) groups is 1.